The summed E-state index contributed by atoms with van der Waals surface area (Å²) in [4.78, 5) is 26.7. The topological polar surface area (TPSA) is 246 Å². The summed E-state index contributed by atoms with van der Waals surface area (Å²) >= 11 is 0. The Balaban J connectivity index is -0.0000000104. The van der Waals surface area contributed by atoms with E-state index < -0.39 is 17.9 Å². The van der Waals surface area contributed by atoms with Crippen LogP contribution in [0.4, 0.5) is 0 Å². The van der Waals surface area contributed by atoms with E-state index in [1.807, 2.05) is 0 Å². The molecule has 0 aliphatic heterocycles. The predicted octanol–water partition coefficient (Wildman–Crippen LogP) is -7.03. The maximum Gasteiger partial charge on any atom is 3.00 e. The normalized spacial score (nSPS) is 4.41. The second kappa shape index (κ2) is 45.1. The summed E-state index contributed by atoms with van der Waals surface area (Å²) in [5, 5.41) is 26.7. The minimum absolute atomic E-state index is 0. The molecule has 0 fully saturated rings. The van der Waals surface area contributed by atoms with E-state index in [2.05, 4.69) is 0 Å². The molecular weight excluding hydrogens is 399 g/mol. The molecule has 0 atom stereocenters. The predicted molar refractivity (Wildman–Crippen MR) is 46.5 cm³/mol. The van der Waals surface area contributed by atoms with Crippen LogP contribution in [0.1, 0.15) is 20.8 Å². The molecule has 0 bridgehead atoms. The van der Waals surface area contributed by atoms with Crippen molar-refractivity contribution in [2.24, 2.45) is 0 Å². The Hall–Kier alpha value is -0.503. The second-order valence-corrected chi connectivity index (χ2v) is 1.47. The van der Waals surface area contributed by atoms with Crippen LogP contribution in [0.25, 0.3) is 0 Å². The number of rotatable bonds is 0. The van der Waals surface area contributed by atoms with Gasteiger partial charge in [-0.05, 0) is 20.8 Å². The smallest absolute Gasteiger partial charge is 0.550 e. The molecule has 0 saturated heterocycles. The Bertz CT molecular complexity index is 118. The first kappa shape index (κ1) is 54.9. The second-order valence-electron chi connectivity index (χ2n) is 1.47. The fraction of sp³-hybridized carbons (Fsp3) is 0.500. The van der Waals surface area contributed by atoms with E-state index in [1.54, 1.807) is 0 Å². The Morgan fingerprint density at radius 2 is 0.588 bits per heavy atom. The maximum absolute atomic E-state index is 8.89. The van der Waals surface area contributed by atoms with Gasteiger partial charge in [0.05, 0.1) is 0 Å². The molecule has 11 heteroatoms. The summed E-state index contributed by atoms with van der Waals surface area (Å²) in [7, 11) is 0. The third kappa shape index (κ3) is 11100. The van der Waals surface area contributed by atoms with E-state index in [-0.39, 0.29) is 59.2 Å². The van der Waals surface area contributed by atoms with Gasteiger partial charge in [-0.3, -0.25) is 0 Å². The van der Waals surface area contributed by atoms with Gasteiger partial charge in [-0.25, -0.2) is 0 Å². The van der Waals surface area contributed by atoms with Crippen molar-refractivity contribution in [1.29, 1.82) is 0 Å². The Labute approximate surface area is 127 Å². The fourth-order valence-corrected chi connectivity index (χ4v) is 0. The van der Waals surface area contributed by atoms with Crippen molar-refractivity contribution in [2.75, 3.05) is 0 Å². The van der Waals surface area contributed by atoms with Gasteiger partial charge >= 0.3 is 37.3 Å². The van der Waals surface area contributed by atoms with Crippen LogP contribution in [0.2, 0.25) is 0 Å². The van der Waals surface area contributed by atoms with Crippen LogP contribution < -0.4 is 15.3 Å². The number of carbonyl (C=O) groups is 3. The molecule has 0 aliphatic carbocycles. The molecule has 0 unspecified atom stereocenters. The van der Waals surface area contributed by atoms with Crippen molar-refractivity contribution >= 4 is 17.9 Å². The van der Waals surface area contributed by atoms with Gasteiger partial charge in [0.2, 0.25) is 0 Å². The van der Waals surface area contributed by atoms with Crippen LogP contribution in [-0.4, -0.2) is 39.8 Å². The molecule has 0 amide bonds. The zero-order valence-corrected chi connectivity index (χ0v) is 11.1. The van der Waals surface area contributed by atoms with Crippen molar-refractivity contribution in [2.45, 2.75) is 20.8 Å². The Kier molecular flexibility index (Phi) is 146. The first-order valence-corrected chi connectivity index (χ1v) is 2.72. The molecule has 0 spiro atoms. The third-order valence-electron chi connectivity index (χ3n) is 0. The molecule has 0 aromatic rings. The molecule has 0 heterocycles. The standard InChI is InChI=1S/3C2H4O2.Er.4H2O/c3*1-2(3)4;;;;;/h3*1H3,(H,3,4);;4*1H2/q;;;+3;;;;/p-3. The monoisotopic (exact) mass is 415 g/mol. The number of carboxylic acid groups (broad SMARTS) is 3. The Morgan fingerprint density at radius 3 is 0.588 bits per heavy atom. The van der Waals surface area contributed by atoms with Gasteiger partial charge in [0.25, 0.3) is 0 Å². The summed E-state index contributed by atoms with van der Waals surface area (Å²) in [6.07, 6.45) is 0. The summed E-state index contributed by atoms with van der Waals surface area (Å²) < 4.78 is 0. The number of carboxylic acids is 3. The number of hydrogen-bond acceptors (Lipinski definition) is 6. The minimum Gasteiger partial charge on any atom is -0.550 e. The van der Waals surface area contributed by atoms with Crippen LogP contribution in [0.3, 0.4) is 0 Å². The molecule has 0 saturated carbocycles. The molecule has 0 aromatic heterocycles. The van der Waals surface area contributed by atoms with Gasteiger partial charge in [0, 0.05) is 17.9 Å². The summed E-state index contributed by atoms with van der Waals surface area (Å²) in [6.45, 7) is 2.92. The van der Waals surface area contributed by atoms with Crippen LogP contribution in [0, 0.1) is 37.3 Å². The molecular formula is C6H17ErO10. The van der Waals surface area contributed by atoms with Crippen LogP contribution in [-0.2, 0) is 14.4 Å². The molecule has 10 nitrogen and oxygen atoms in total. The first-order chi connectivity index (χ1) is 5.20. The van der Waals surface area contributed by atoms with Gasteiger partial charge in [-0.1, -0.05) is 0 Å². The summed E-state index contributed by atoms with van der Waals surface area (Å²) in [6, 6.07) is 0. The average molecular weight is 416 g/mol. The van der Waals surface area contributed by atoms with Crippen molar-refractivity contribution in [3.05, 3.63) is 0 Å². The molecule has 1 radical (unpaired) electrons. The molecule has 8 N–H and O–H groups in total. The van der Waals surface area contributed by atoms with Crippen molar-refractivity contribution in [3.63, 3.8) is 0 Å². The largest absolute Gasteiger partial charge is 3.00 e. The SMILES string of the molecule is CC(=O)[O-].CC(=O)[O-].CC(=O)[O-].O.O.O.O.[Er+3]. The molecule has 113 valence electrons. The molecule has 0 aromatic carbocycles. The van der Waals surface area contributed by atoms with Crippen molar-refractivity contribution < 1.29 is 88.9 Å². The quantitative estimate of drug-likeness (QED) is 0.370. The minimum atomic E-state index is -1.08. The maximum atomic E-state index is 8.89. The zero-order chi connectivity index (χ0) is 10.7. The van der Waals surface area contributed by atoms with Crippen LogP contribution >= 0.6 is 0 Å². The summed E-state index contributed by atoms with van der Waals surface area (Å²) in [5.74, 6) is -3.25. The molecule has 0 aliphatic rings. The third-order valence-corrected chi connectivity index (χ3v) is 0. The van der Waals surface area contributed by atoms with Gasteiger partial charge < -0.3 is 51.6 Å². The van der Waals surface area contributed by atoms with Crippen LogP contribution in [0.5, 0.6) is 0 Å². The zero-order valence-electron chi connectivity index (χ0n) is 9.24. The van der Waals surface area contributed by atoms with E-state index in [9.17, 15) is 0 Å². The van der Waals surface area contributed by atoms with Gasteiger partial charge in [-0.2, -0.15) is 0 Å². The molecule has 0 rings (SSSR count). The Morgan fingerprint density at radius 1 is 0.588 bits per heavy atom. The van der Waals surface area contributed by atoms with E-state index in [1.165, 1.54) is 0 Å². The number of aliphatic carboxylic acids is 3. The van der Waals surface area contributed by atoms with E-state index >= 15 is 0 Å². The number of carbonyl (C=O) groups excluding carboxylic acids is 3. The fourth-order valence-electron chi connectivity index (χ4n) is 0. The van der Waals surface area contributed by atoms with E-state index in [4.69, 9.17) is 29.7 Å². The average Bonchev–Trinajstić information content (AvgIpc) is 1.54. The van der Waals surface area contributed by atoms with E-state index in [0.717, 1.165) is 20.8 Å². The number of hydrogen-bond donors (Lipinski definition) is 0. The van der Waals surface area contributed by atoms with Crippen molar-refractivity contribution in [1.82, 2.24) is 0 Å². The van der Waals surface area contributed by atoms with Crippen LogP contribution in [0.15, 0.2) is 0 Å². The summed E-state index contributed by atoms with van der Waals surface area (Å²) in [5.41, 5.74) is 0. The van der Waals surface area contributed by atoms with Gasteiger partial charge in [0.1, 0.15) is 0 Å². The van der Waals surface area contributed by atoms with Gasteiger partial charge in [0.15, 0.2) is 0 Å². The van der Waals surface area contributed by atoms with Crippen molar-refractivity contribution in [3.8, 4) is 0 Å². The first-order valence-electron chi connectivity index (χ1n) is 2.72. The van der Waals surface area contributed by atoms with E-state index in [0.29, 0.717) is 0 Å². The van der Waals surface area contributed by atoms with Gasteiger partial charge in [-0.15, -0.1) is 0 Å². The molecule has 17 heavy (non-hydrogen) atoms.